The summed E-state index contributed by atoms with van der Waals surface area (Å²) in [6.07, 6.45) is 1.46. The van der Waals surface area contributed by atoms with Crippen LogP contribution in [0, 0.1) is 0 Å². The van der Waals surface area contributed by atoms with Crippen LogP contribution in [0.2, 0.25) is 0 Å². The highest BCUT2D eigenvalue weighted by atomic mass is 16.5. The van der Waals surface area contributed by atoms with E-state index in [0.29, 0.717) is 36.1 Å². The number of methoxy groups -OCH3 is 1. The molecule has 2 aromatic carbocycles. The van der Waals surface area contributed by atoms with E-state index in [-0.39, 0.29) is 29.0 Å². The van der Waals surface area contributed by atoms with Gasteiger partial charge in [0.2, 0.25) is 5.89 Å². The van der Waals surface area contributed by atoms with E-state index in [1.54, 1.807) is 18.1 Å². The van der Waals surface area contributed by atoms with E-state index in [1.807, 2.05) is 18.2 Å². The van der Waals surface area contributed by atoms with Crippen molar-refractivity contribution in [3.63, 3.8) is 0 Å². The first-order valence-corrected chi connectivity index (χ1v) is 8.88. The topological polar surface area (TPSA) is 109 Å². The molecule has 3 aromatic rings. The molecule has 0 aliphatic carbocycles. The smallest absolute Gasteiger partial charge is 0.258 e. The van der Waals surface area contributed by atoms with Crippen LogP contribution >= 0.6 is 0 Å². The fourth-order valence-corrected chi connectivity index (χ4v) is 3.42. The minimum absolute atomic E-state index is 0.106. The molecule has 1 aliphatic rings. The number of nitrogens with zero attached hydrogens (tertiary/aromatic N) is 3. The summed E-state index contributed by atoms with van der Waals surface area (Å²) < 4.78 is 11.2. The molecule has 0 spiro atoms. The Kier molecular flexibility index (Phi) is 4.60. The molecule has 1 unspecified atom stereocenters. The van der Waals surface area contributed by atoms with Crippen LogP contribution < -0.4 is 4.74 Å². The predicted molar refractivity (Wildman–Crippen MR) is 99.1 cm³/mol. The third-order valence-electron chi connectivity index (χ3n) is 4.79. The van der Waals surface area contributed by atoms with Gasteiger partial charge in [-0.15, -0.1) is 10.2 Å². The molecular formula is C20H19N3O5. The molecule has 0 saturated carbocycles. The maximum atomic E-state index is 12.9. The van der Waals surface area contributed by atoms with Crippen molar-refractivity contribution in [1.29, 1.82) is 0 Å². The number of phenolic OH excluding ortho intramolecular Hbond substituents is 2. The highest BCUT2D eigenvalue weighted by molar-refractivity contribution is 5.97. The number of benzene rings is 2. The molecule has 4 rings (SSSR count). The summed E-state index contributed by atoms with van der Waals surface area (Å²) in [5, 5.41) is 27.7. The van der Waals surface area contributed by atoms with Crippen molar-refractivity contribution >= 4 is 5.91 Å². The van der Waals surface area contributed by atoms with Gasteiger partial charge in [0.25, 0.3) is 11.8 Å². The fraction of sp³-hybridized carbons (Fsp3) is 0.250. The zero-order chi connectivity index (χ0) is 19.7. The predicted octanol–water partition coefficient (Wildman–Crippen LogP) is 3.13. The van der Waals surface area contributed by atoms with Crippen molar-refractivity contribution in [2.75, 3.05) is 13.7 Å². The first-order chi connectivity index (χ1) is 13.6. The van der Waals surface area contributed by atoms with Gasteiger partial charge in [-0.1, -0.05) is 12.1 Å². The molecule has 28 heavy (non-hydrogen) atoms. The third kappa shape index (κ3) is 3.13. The lowest BCUT2D eigenvalue weighted by molar-refractivity contribution is 0.0713. The maximum absolute atomic E-state index is 12.9. The molecule has 8 heteroatoms. The number of aromatic nitrogens is 2. The number of phenols is 2. The number of amides is 1. The summed E-state index contributed by atoms with van der Waals surface area (Å²) >= 11 is 0. The van der Waals surface area contributed by atoms with E-state index < -0.39 is 0 Å². The number of hydrogen-bond donors (Lipinski definition) is 2. The summed E-state index contributed by atoms with van der Waals surface area (Å²) in [7, 11) is 1.57. The van der Waals surface area contributed by atoms with Crippen LogP contribution in [0.5, 0.6) is 17.2 Å². The Morgan fingerprint density at radius 2 is 2.04 bits per heavy atom. The number of carbonyl (C=O) groups excluding carboxylic acids is 1. The van der Waals surface area contributed by atoms with Crippen LogP contribution in [0.15, 0.2) is 46.9 Å². The van der Waals surface area contributed by atoms with Crippen molar-refractivity contribution < 1.29 is 24.2 Å². The van der Waals surface area contributed by atoms with Gasteiger partial charge in [-0.05, 0) is 37.1 Å². The normalized spacial score (nSPS) is 16.3. The van der Waals surface area contributed by atoms with Crippen LogP contribution in [0.4, 0.5) is 0 Å². The molecular weight excluding hydrogens is 362 g/mol. The number of hydrogen-bond acceptors (Lipinski definition) is 7. The second kappa shape index (κ2) is 7.22. The van der Waals surface area contributed by atoms with Gasteiger partial charge in [-0.25, -0.2) is 0 Å². The number of likely N-dealkylation sites (tertiary alicyclic amines) is 1. The van der Waals surface area contributed by atoms with Gasteiger partial charge in [0.15, 0.2) is 0 Å². The minimum Gasteiger partial charge on any atom is -0.508 e. The van der Waals surface area contributed by atoms with Gasteiger partial charge in [-0.2, -0.15) is 0 Å². The lowest BCUT2D eigenvalue weighted by Crippen LogP contribution is -2.30. The quantitative estimate of drug-likeness (QED) is 0.714. The monoisotopic (exact) mass is 381 g/mol. The number of carbonyl (C=O) groups is 1. The second-order valence-corrected chi connectivity index (χ2v) is 6.50. The average molecular weight is 381 g/mol. The Balaban J connectivity index is 1.62. The lowest BCUT2D eigenvalue weighted by atomic mass is 10.1. The molecule has 1 saturated heterocycles. The Bertz CT molecular complexity index is 1020. The lowest BCUT2D eigenvalue weighted by Gasteiger charge is -2.22. The van der Waals surface area contributed by atoms with Crippen LogP contribution in [0.25, 0.3) is 11.5 Å². The molecule has 8 nitrogen and oxygen atoms in total. The molecule has 1 aliphatic heterocycles. The van der Waals surface area contributed by atoms with Gasteiger partial charge in [-0.3, -0.25) is 4.79 Å². The van der Waals surface area contributed by atoms with Crippen molar-refractivity contribution in [2.24, 2.45) is 0 Å². The summed E-state index contributed by atoms with van der Waals surface area (Å²) in [5.74, 6) is 0.550. The van der Waals surface area contributed by atoms with Gasteiger partial charge in [0.1, 0.15) is 23.3 Å². The molecule has 0 radical (unpaired) electrons. The van der Waals surface area contributed by atoms with E-state index in [9.17, 15) is 15.0 Å². The fourth-order valence-electron chi connectivity index (χ4n) is 3.42. The largest absolute Gasteiger partial charge is 0.508 e. The van der Waals surface area contributed by atoms with E-state index >= 15 is 0 Å². The van der Waals surface area contributed by atoms with E-state index in [2.05, 4.69) is 10.2 Å². The Morgan fingerprint density at radius 3 is 2.82 bits per heavy atom. The number of aromatic hydroxyl groups is 2. The summed E-state index contributed by atoms with van der Waals surface area (Å²) in [5.41, 5.74) is 0.796. The summed E-state index contributed by atoms with van der Waals surface area (Å²) in [6.45, 7) is 0.510. The molecule has 2 heterocycles. The van der Waals surface area contributed by atoms with Gasteiger partial charge in [0.05, 0.1) is 18.2 Å². The van der Waals surface area contributed by atoms with Gasteiger partial charge in [0, 0.05) is 12.6 Å². The molecule has 0 bridgehead atoms. The zero-order valence-electron chi connectivity index (χ0n) is 15.2. The first-order valence-electron chi connectivity index (χ1n) is 8.88. The van der Waals surface area contributed by atoms with Crippen LogP contribution in [-0.4, -0.2) is 44.9 Å². The zero-order valence-corrected chi connectivity index (χ0v) is 15.2. The van der Waals surface area contributed by atoms with Crippen LogP contribution in [0.3, 0.4) is 0 Å². The average Bonchev–Trinajstić information content (AvgIpc) is 3.36. The van der Waals surface area contributed by atoms with Crippen molar-refractivity contribution in [1.82, 2.24) is 15.1 Å². The van der Waals surface area contributed by atoms with Crippen LogP contribution in [-0.2, 0) is 0 Å². The van der Waals surface area contributed by atoms with Crippen molar-refractivity contribution in [3.05, 3.63) is 53.9 Å². The van der Waals surface area contributed by atoms with Gasteiger partial charge >= 0.3 is 0 Å². The minimum atomic E-state index is -0.378. The Morgan fingerprint density at radius 1 is 1.21 bits per heavy atom. The highest BCUT2D eigenvalue weighted by Gasteiger charge is 2.35. The van der Waals surface area contributed by atoms with Gasteiger partial charge < -0.3 is 24.3 Å². The standard InChI is InChI=1S/C20H19N3O5/c1-27-17-7-3-2-5-14(17)18-21-22-19(28-18)15-6-4-10-23(15)20(26)13-9-8-12(24)11-16(13)25/h2-3,5,7-9,11,15,24-25H,4,6,10H2,1H3. The Labute approximate surface area is 161 Å². The first kappa shape index (κ1) is 17.8. The Hall–Kier alpha value is -3.55. The third-order valence-corrected chi connectivity index (χ3v) is 4.79. The van der Waals surface area contributed by atoms with E-state index in [0.717, 1.165) is 12.5 Å². The van der Waals surface area contributed by atoms with Crippen molar-refractivity contribution in [3.8, 4) is 28.7 Å². The molecule has 1 amide bonds. The summed E-state index contributed by atoms with van der Waals surface area (Å²) in [4.78, 5) is 14.5. The second-order valence-electron chi connectivity index (χ2n) is 6.50. The van der Waals surface area contributed by atoms with E-state index in [1.165, 1.54) is 12.1 Å². The highest BCUT2D eigenvalue weighted by Crippen LogP contribution is 2.36. The number of rotatable bonds is 4. The molecule has 1 atom stereocenters. The number of para-hydroxylation sites is 1. The molecule has 1 aromatic heterocycles. The van der Waals surface area contributed by atoms with Crippen LogP contribution in [0.1, 0.15) is 35.1 Å². The molecule has 1 fully saturated rings. The van der Waals surface area contributed by atoms with Crippen molar-refractivity contribution in [2.45, 2.75) is 18.9 Å². The molecule has 144 valence electrons. The SMILES string of the molecule is COc1ccccc1-c1nnc(C2CCCN2C(=O)c2ccc(O)cc2O)o1. The number of ether oxygens (including phenoxy) is 1. The maximum Gasteiger partial charge on any atom is 0.258 e. The summed E-state index contributed by atoms with van der Waals surface area (Å²) in [6, 6.07) is 10.9. The molecule has 2 N–H and O–H groups in total. The van der Waals surface area contributed by atoms with E-state index in [4.69, 9.17) is 9.15 Å².